The van der Waals surface area contributed by atoms with Crippen LogP contribution in [0.15, 0.2) is 46.9 Å². The molecule has 3 rings (SSSR count). The average Bonchev–Trinajstić information content (AvgIpc) is 2.87. The molecule has 0 saturated carbocycles. The molecule has 2 aromatic carbocycles. The summed E-state index contributed by atoms with van der Waals surface area (Å²) in [6, 6.07) is 12.4. The molecular formula is C17H15ClFNO. The van der Waals surface area contributed by atoms with E-state index in [1.807, 2.05) is 19.1 Å². The molecule has 0 spiro atoms. The highest BCUT2D eigenvalue weighted by atomic mass is 35.5. The van der Waals surface area contributed by atoms with E-state index < -0.39 is 0 Å². The van der Waals surface area contributed by atoms with Gasteiger partial charge in [0, 0.05) is 17.0 Å². The van der Waals surface area contributed by atoms with Crippen molar-refractivity contribution in [1.82, 2.24) is 5.32 Å². The van der Waals surface area contributed by atoms with Crippen LogP contribution < -0.4 is 5.32 Å². The number of hydrogen-bond acceptors (Lipinski definition) is 2. The number of rotatable bonds is 4. The molecule has 0 saturated heterocycles. The Bertz CT molecular complexity index is 782. The molecule has 4 heteroatoms. The highest BCUT2D eigenvalue weighted by molar-refractivity contribution is 6.31. The first kappa shape index (κ1) is 14.1. The van der Waals surface area contributed by atoms with Gasteiger partial charge in [-0.15, -0.1) is 0 Å². The van der Waals surface area contributed by atoms with Gasteiger partial charge >= 0.3 is 0 Å². The van der Waals surface area contributed by atoms with E-state index >= 15 is 0 Å². The van der Waals surface area contributed by atoms with E-state index in [2.05, 4.69) is 5.32 Å². The van der Waals surface area contributed by atoms with E-state index in [1.54, 1.807) is 24.3 Å². The van der Waals surface area contributed by atoms with E-state index in [0.29, 0.717) is 28.5 Å². The molecule has 0 aliphatic rings. The van der Waals surface area contributed by atoms with E-state index in [0.717, 1.165) is 17.5 Å². The summed E-state index contributed by atoms with van der Waals surface area (Å²) in [6.07, 6.45) is 0. The van der Waals surface area contributed by atoms with Gasteiger partial charge in [0.15, 0.2) is 0 Å². The van der Waals surface area contributed by atoms with Gasteiger partial charge in [0.2, 0.25) is 0 Å². The Morgan fingerprint density at radius 2 is 2.00 bits per heavy atom. The largest absolute Gasteiger partial charge is 0.456 e. The minimum Gasteiger partial charge on any atom is -0.456 e. The lowest BCUT2D eigenvalue weighted by Gasteiger charge is -2.04. The predicted molar refractivity (Wildman–Crippen MR) is 84.0 cm³/mol. The molecule has 1 N–H and O–H groups in total. The van der Waals surface area contributed by atoms with Crippen molar-refractivity contribution >= 4 is 22.6 Å². The highest BCUT2D eigenvalue weighted by Crippen LogP contribution is 2.31. The van der Waals surface area contributed by atoms with Gasteiger partial charge in [-0.3, -0.25) is 0 Å². The molecule has 0 atom stereocenters. The van der Waals surface area contributed by atoms with Crippen molar-refractivity contribution in [3.05, 3.63) is 58.9 Å². The molecule has 108 valence electrons. The van der Waals surface area contributed by atoms with E-state index in [4.69, 9.17) is 16.0 Å². The SMILES string of the molecule is CCNCc1ccc(-c2cc3cc(Cl)ccc3o2)c(F)c1. The van der Waals surface area contributed by atoms with Crippen LogP contribution in [0, 0.1) is 5.82 Å². The van der Waals surface area contributed by atoms with Gasteiger partial charge < -0.3 is 9.73 Å². The first-order valence-electron chi connectivity index (χ1n) is 6.86. The molecule has 3 aromatic rings. The lowest BCUT2D eigenvalue weighted by molar-refractivity contribution is 0.599. The Kier molecular flexibility index (Phi) is 3.95. The van der Waals surface area contributed by atoms with Gasteiger partial charge in [0.1, 0.15) is 17.2 Å². The molecule has 2 nitrogen and oxygen atoms in total. The Balaban J connectivity index is 1.98. The number of benzene rings is 2. The fourth-order valence-corrected chi connectivity index (χ4v) is 2.47. The van der Waals surface area contributed by atoms with Crippen molar-refractivity contribution in [2.24, 2.45) is 0 Å². The van der Waals surface area contributed by atoms with Crippen molar-refractivity contribution in [3.63, 3.8) is 0 Å². The van der Waals surface area contributed by atoms with Crippen molar-refractivity contribution in [3.8, 4) is 11.3 Å². The summed E-state index contributed by atoms with van der Waals surface area (Å²) in [4.78, 5) is 0. The van der Waals surface area contributed by atoms with E-state index in [-0.39, 0.29) is 5.82 Å². The molecular weight excluding hydrogens is 289 g/mol. The van der Waals surface area contributed by atoms with E-state index in [1.165, 1.54) is 6.07 Å². The zero-order valence-electron chi connectivity index (χ0n) is 11.6. The lowest BCUT2D eigenvalue weighted by atomic mass is 10.1. The number of furan rings is 1. The topological polar surface area (TPSA) is 25.2 Å². The Morgan fingerprint density at radius 3 is 2.76 bits per heavy atom. The molecule has 0 aliphatic heterocycles. The van der Waals surface area contributed by atoms with Crippen LogP contribution >= 0.6 is 11.6 Å². The standard InChI is InChI=1S/C17H15ClFNO/c1-2-20-10-11-3-5-14(15(19)7-11)17-9-12-8-13(18)4-6-16(12)21-17/h3-9,20H,2,10H2,1H3. The fraction of sp³-hybridized carbons (Fsp3) is 0.176. The Morgan fingerprint density at radius 1 is 1.14 bits per heavy atom. The molecule has 21 heavy (non-hydrogen) atoms. The first-order valence-corrected chi connectivity index (χ1v) is 7.24. The number of halogens is 2. The maximum absolute atomic E-state index is 14.3. The first-order chi connectivity index (χ1) is 10.2. The summed E-state index contributed by atoms with van der Waals surface area (Å²) in [5, 5.41) is 4.68. The molecule has 0 aliphatic carbocycles. The summed E-state index contributed by atoms with van der Waals surface area (Å²) in [6.45, 7) is 3.53. The summed E-state index contributed by atoms with van der Waals surface area (Å²) < 4.78 is 20.0. The fourth-order valence-electron chi connectivity index (χ4n) is 2.28. The number of fused-ring (bicyclic) bond motifs is 1. The molecule has 0 unspecified atom stereocenters. The van der Waals surface area contributed by atoms with Crippen molar-refractivity contribution in [2.75, 3.05) is 6.54 Å². The van der Waals surface area contributed by atoms with Crippen molar-refractivity contribution in [2.45, 2.75) is 13.5 Å². The maximum Gasteiger partial charge on any atom is 0.138 e. The summed E-state index contributed by atoms with van der Waals surface area (Å²) in [5.41, 5.74) is 2.07. The second-order valence-corrected chi connectivity index (χ2v) is 5.32. The third-order valence-electron chi connectivity index (χ3n) is 3.36. The quantitative estimate of drug-likeness (QED) is 0.733. The zero-order chi connectivity index (χ0) is 14.8. The van der Waals surface area contributed by atoms with Gasteiger partial charge in [0.05, 0.1) is 5.56 Å². The van der Waals surface area contributed by atoms with Gasteiger partial charge in [-0.05, 0) is 48.5 Å². The maximum atomic E-state index is 14.3. The van der Waals surface area contributed by atoms with Crippen LogP contribution in [0.5, 0.6) is 0 Å². The van der Waals surface area contributed by atoms with Gasteiger partial charge in [-0.1, -0.05) is 24.6 Å². The Hall–Kier alpha value is -1.84. The minimum absolute atomic E-state index is 0.282. The second kappa shape index (κ2) is 5.88. The summed E-state index contributed by atoms with van der Waals surface area (Å²) >= 11 is 5.95. The molecule has 0 amide bonds. The minimum atomic E-state index is -0.282. The average molecular weight is 304 g/mol. The smallest absolute Gasteiger partial charge is 0.138 e. The zero-order valence-corrected chi connectivity index (χ0v) is 12.4. The van der Waals surface area contributed by atoms with Gasteiger partial charge in [-0.2, -0.15) is 0 Å². The highest BCUT2D eigenvalue weighted by Gasteiger charge is 2.11. The molecule has 0 bridgehead atoms. The molecule has 0 radical (unpaired) electrons. The van der Waals surface area contributed by atoms with Crippen molar-refractivity contribution in [1.29, 1.82) is 0 Å². The van der Waals surface area contributed by atoms with Crippen LogP contribution in [0.2, 0.25) is 5.02 Å². The normalized spacial score (nSPS) is 11.2. The Labute approximate surface area is 127 Å². The van der Waals surface area contributed by atoms with Crippen LogP contribution in [-0.2, 0) is 6.54 Å². The predicted octanol–water partition coefficient (Wildman–Crippen LogP) is 5.00. The third kappa shape index (κ3) is 2.94. The summed E-state index contributed by atoms with van der Waals surface area (Å²) in [7, 11) is 0. The van der Waals surface area contributed by atoms with Crippen molar-refractivity contribution < 1.29 is 8.81 Å². The van der Waals surface area contributed by atoms with Crippen LogP contribution in [-0.4, -0.2) is 6.54 Å². The van der Waals surface area contributed by atoms with Crippen LogP contribution in [0.25, 0.3) is 22.3 Å². The number of hydrogen-bond donors (Lipinski definition) is 1. The van der Waals surface area contributed by atoms with E-state index in [9.17, 15) is 4.39 Å². The van der Waals surface area contributed by atoms with Crippen LogP contribution in [0.1, 0.15) is 12.5 Å². The molecule has 0 fully saturated rings. The molecule has 1 aromatic heterocycles. The van der Waals surface area contributed by atoms with Gasteiger partial charge in [-0.25, -0.2) is 4.39 Å². The second-order valence-electron chi connectivity index (χ2n) is 4.89. The third-order valence-corrected chi connectivity index (χ3v) is 3.59. The lowest BCUT2D eigenvalue weighted by Crippen LogP contribution is -2.11. The summed E-state index contributed by atoms with van der Waals surface area (Å²) in [5.74, 6) is 0.232. The monoisotopic (exact) mass is 303 g/mol. The van der Waals surface area contributed by atoms with Crippen LogP contribution in [0.4, 0.5) is 4.39 Å². The molecule has 1 heterocycles. The number of nitrogens with one attached hydrogen (secondary N) is 1. The van der Waals surface area contributed by atoms with Crippen LogP contribution in [0.3, 0.4) is 0 Å². The van der Waals surface area contributed by atoms with Gasteiger partial charge in [0.25, 0.3) is 0 Å².